The zero-order valence-electron chi connectivity index (χ0n) is 13.9. The van der Waals surface area contributed by atoms with Gasteiger partial charge in [-0.25, -0.2) is 9.38 Å². The van der Waals surface area contributed by atoms with E-state index in [2.05, 4.69) is 20.9 Å². The molecule has 0 heterocycles. The molecule has 1 aromatic carbocycles. The zero-order valence-corrected chi connectivity index (χ0v) is 13.9. The Morgan fingerprint density at radius 2 is 2.09 bits per heavy atom. The molecule has 1 aromatic rings. The van der Waals surface area contributed by atoms with Crippen molar-refractivity contribution in [1.29, 1.82) is 0 Å². The summed E-state index contributed by atoms with van der Waals surface area (Å²) in [5.74, 6) is 0.178. The molecule has 7 heteroatoms. The number of hydrogen-bond acceptors (Lipinski definition) is 3. The third-order valence-electron chi connectivity index (χ3n) is 3.03. The molecule has 0 spiro atoms. The van der Waals surface area contributed by atoms with Crippen LogP contribution in [0.2, 0.25) is 0 Å². The number of hydrogen-bond donors (Lipinski definition) is 3. The van der Waals surface area contributed by atoms with Crippen molar-refractivity contribution in [2.24, 2.45) is 4.99 Å². The van der Waals surface area contributed by atoms with Crippen molar-refractivity contribution in [3.8, 4) is 0 Å². The number of aryl methyl sites for hydroxylation is 1. The van der Waals surface area contributed by atoms with Crippen molar-refractivity contribution in [3.05, 3.63) is 35.1 Å². The maximum Gasteiger partial charge on any atom is 0.239 e. The second-order valence-electron chi connectivity index (χ2n) is 4.98. The third-order valence-corrected chi connectivity index (χ3v) is 3.03. The number of benzene rings is 1. The Kier molecular flexibility index (Phi) is 8.67. The molecule has 128 valence electrons. The molecule has 6 nitrogen and oxygen atoms in total. The summed E-state index contributed by atoms with van der Waals surface area (Å²) in [7, 11) is 1.58. The van der Waals surface area contributed by atoms with E-state index in [1.807, 2.05) is 6.92 Å². The lowest BCUT2D eigenvalue weighted by atomic mass is 10.1. The van der Waals surface area contributed by atoms with Crippen molar-refractivity contribution in [2.75, 3.05) is 33.4 Å². The van der Waals surface area contributed by atoms with E-state index in [1.54, 1.807) is 26.2 Å². The average molecular weight is 324 g/mol. The Hall–Kier alpha value is -2.15. The van der Waals surface area contributed by atoms with E-state index in [0.29, 0.717) is 37.8 Å². The van der Waals surface area contributed by atoms with Gasteiger partial charge in [0, 0.05) is 20.2 Å². The van der Waals surface area contributed by atoms with Gasteiger partial charge in [0.05, 0.1) is 19.7 Å². The van der Waals surface area contributed by atoms with Gasteiger partial charge in [0.15, 0.2) is 5.96 Å². The molecule has 0 bridgehead atoms. The van der Waals surface area contributed by atoms with Crippen molar-refractivity contribution in [2.45, 2.75) is 20.4 Å². The number of methoxy groups -OCH3 is 1. The first-order valence-electron chi connectivity index (χ1n) is 7.59. The normalized spacial score (nSPS) is 11.2. The van der Waals surface area contributed by atoms with Gasteiger partial charge in [-0.05, 0) is 31.0 Å². The maximum atomic E-state index is 13.2. The Labute approximate surface area is 136 Å². The Balaban J connectivity index is 2.52. The second-order valence-corrected chi connectivity index (χ2v) is 4.98. The lowest BCUT2D eigenvalue weighted by Crippen LogP contribution is -2.43. The summed E-state index contributed by atoms with van der Waals surface area (Å²) < 4.78 is 18.1. The Bertz CT molecular complexity index is 535. The van der Waals surface area contributed by atoms with E-state index in [0.717, 1.165) is 5.56 Å². The monoisotopic (exact) mass is 324 g/mol. The molecule has 0 saturated carbocycles. The van der Waals surface area contributed by atoms with Crippen LogP contribution in [0.15, 0.2) is 23.2 Å². The minimum Gasteiger partial charge on any atom is -0.383 e. The second kappa shape index (κ2) is 10.6. The van der Waals surface area contributed by atoms with Crippen LogP contribution in [0.1, 0.15) is 18.1 Å². The predicted octanol–water partition coefficient (Wildman–Crippen LogP) is 0.952. The zero-order chi connectivity index (χ0) is 17.1. The van der Waals surface area contributed by atoms with Gasteiger partial charge >= 0.3 is 0 Å². The molecule has 1 rings (SSSR count). The highest BCUT2D eigenvalue weighted by Crippen LogP contribution is 2.09. The number of carbonyl (C=O) groups excluding carboxylic acids is 1. The van der Waals surface area contributed by atoms with Crippen LogP contribution in [0.25, 0.3) is 0 Å². The van der Waals surface area contributed by atoms with Gasteiger partial charge in [-0.15, -0.1) is 0 Å². The smallest absolute Gasteiger partial charge is 0.239 e. The van der Waals surface area contributed by atoms with E-state index in [4.69, 9.17) is 4.74 Å². The van der Waals surface area contributed by atoms with Crippen molar-refractivity contribution < 1.29 is 13.9 Å². The quantitative estimate of drug-likeness (QED) is 0.378. The molecule has 23 heavy (non-hydrogen) atoms. The molecule has 0 atom stereocenters. The van der Waals surface area contributed by atoms with Crippen LogP contribution in [0.4, 0.5) is 4.39 Å². The first-order chi connectivity index (χ1) is 11.1. The number of ether oxygens (including phenoxy) is 1. The van der Waals surface area contributed by atoms with Crippen LogP contribution in [0.3, 0.4) is 0 Å². The van der Waals surface area contributed by atoms with Gasteiger partial charge in [-0.1, -0.05) is 12.1 Å². The van der Waals surface area contributed by atoms with Gasteiger partial charge in [0.1, 0.15) is 5.82 Å². The Morgan fingerprint density at radius 1 is 1.30 bits per heavy atom. The SMILES string of the molecule is CCNC(=NCc1ccc(F)c(C)c1)NCC(=O)NCCOC. The number of nitrogens with one attached hydrogen (secondary N) is 3. The molecular weight excluding hydrogens is 299 g/mol. The fourth-order valence-electron chi connectivity index (χ4n) is 1.84. The summed E-state index contributed by atoms with van der Waals surface area (Å²) in [6, 6.07) is 4.90. The van der Waals surface area contributed by atoms with Crippen LogP contribution in [0, 0.1) is 12.7 Å². The number of amides is 1. The first kappa shape index (κ1) is 18.9. The standard InChI is InChI=1S/C16H25FN4O2/c1-4-18-16(21-11-15(22)19-7-8-23-3)20-10-13-5-6-14(17)12(2)9-13/h5-6,9H,4,7-8,10-11H2,1-3H3,(H,19,22)(H2,18,20,21). The van der Waals surface area contributed by atoms with Gasteiger partial charge < -0.3 is 20.7 Å². The molecule has 0 saturated heterocycles. The minimum atomic E-state index is -0.226. The fraction of sp³-hybridized carbons (Fsp3) is 0.500. The first-order valence-corrected chi connectivity index (χ1v) is 7.59. The summed E-state index contributed by atoms with van der Waals surface area (Å²) in [4.78, 5) is 16.0. The molecule has 0 radical (unpaired) electrons. The Morgan fingerprint density at radius 3 is 2.74 bits per heavy atom. The highest BCUT2D eigenvalue weighted by atomic mass is 19.1. The van der Waals surface area contributed by atoms with E-state index in [9.17, 15) is 9.18 Å². The van der Waals surface area contributed by atoms with Crippen molar-refractivity contribution in [1.82, 2.24) is 16.0 Å². The van der Waals surface area contributed by atoms with Gasteiger partial charge in [0.2, 0.25) is 5.91 Å². The van der Waals surface area contributed by atoms with E-state index in [-0.39, 0.29) is 18.3 Å². The summed E-state index contributed by atoms with van der Waals surface area (Å²) in [5.41, 5.74) is 1.50. The molecule has 0 aliphatic heterocycles. The summed E-state index contributed by atoms with van der Waals surface area (Å²) >= 11 is 0. The predicted molar refractivity (Wildman–Crippen MR) is 88.8 cm³/mol. The lowest BCUT2D eigenvalue weighted by Gasteiger charge is -2.11. The largest absolute Gasteiger partial charge is 0.383 e. The minimum absolute atomic E-state index is 0.123. The van der Waals surface area contributed by atoms with Crippen LogP contribution in [-0.2, 0) is 16.1 Å². The van der Waals surface area contributed by atoms with Crippen molar-refractivity contribution in [3.63, 3.8) is 0 Å². The molecule has 0 aromatic heterocycles. The number of carbonyl (C=O) groups is 1. The number of aliphatic imine (C=N–C) groups is 1. The van der Waals surface area contributed by atoms with E-state index < -0.39 is 0 Å². The van der Waals surface area contributed by atoms with Gasteiger partial charge in [0.25, 0.3) is 0 Å². The molecule has 0 unspecified atom stereocenters. The van der Waals surface area contributed by atoms with E-state index >= 15 is 0 Å². The molecule has 0 aliphatic rings. The van der Waals surface area contributed by atoms with Crippen LogP contribution in [0.5, 0.6) is 0 Å². The molecule has 1 amide bonds. The molecule has 0 aliphatic carbocycles. The number of nitrogens with zero attached hydrogens (tertiary/aromatic N) is 1. The number of rotatable bonds is 8. The van der Waals surface area contributed by atoms with Crippen LogP contribution < -0.4 is 16.0 Å². The average Bonchev–Trinajstić information content (AvgIpc) is 2.53. The molecule has 0 fully saturated rings. The molecule has 3 N–H and O–H groups in total. The van der Waals surface area contributed by atoms with Gasteiger partial charge in [-0.2, -0.15) is 0 Å². The summed E-state index contributed by atoms with van der Waals surface area (Å²) in [5, 5.41) is 8.73. The van der Waals surface area contributed by atoms with Crippen molar-refractivity contribution >= 4 is 11.9 Å². The fourth-order valence-corrected chi connectivity index (χ4v) is 1.84. The third kappa shape index (κ3) is 7.60. The number of guanidine groups is 1. The highest BCUT2D eigenvalue weighted by molar-refractivity contribution is 5.86. The van der Waals surface area contributed by atoms with Crippen LogP contribution in [-0.4, -0.2) is 45.2 Å². The molecular formula is C16H25FN4O2. The summed E-state index contributed by atoms with van der Waals surface area (Å²) in [6.45, 7) is 5.82. The highest BCUT2D eigenvalue weighted by Gasteiger charge is 2.04. The van der Waals surface area contributed by atoms with Crippen LogP contribution >= 0.6 is 0 Å². The topological polar surface area (TPSA) is 74.8 Å². The van der Waals surface area contributed by atoms with Gasteiger partial charge in [-0.3, -0.25) is 4.79 Å². The number of halogens is 1. The maximum absolute atomic E-state index is 13.2. The van der Waals surface area contributed by atoms with E-state index in [1.165, 1.54) is 6.07 Å². The lowest BCUT2D eigenvalue weighted by molar-refractivity contribution is -0.120. The summed E-state index contributed by atoms with van der Waals surface area (Å²) in [6.07, 6.45) is 0.